The van der Waals surface area contributed by atoms with Crippen molar-refractivity contribution >= 4 is 0 Å². The molecule has 0 bridgehead atoms. The van der Waals surface area contributed by atoms with Crippen molar-refractivity contribution in [3.63, 3.8) is 0 Å². The Labute approximate surface area is 103 Å². The molecule has 4 nitrogen and oxygen atoms in total. The van der Waals surface area contributed by atoms with Gasteiger partial charge in [0.05, 0.1) is 18.8 Å². The maximum absolute atomic E-state index is 9.69. The number of rotatable bonds is 7. The number of aliphatic hydroxyl groups is 1. The standard InChI is InChI=1S/C13H22N2O2/c1-10(2)17-9-13(16)8-15-11(3)12-5-4-6-14-7-12/h4-7,10-11,13,15-16H,8-9H2,1-3H3. The lowest BCUT2D eigenvalue weighted by atomic mass is 10.1. The Morgan fingerprint density at radius 2 is 2.18 bits per heavy atom. The fraction of sp³-hybridized carbons (Fsp3) is 0.615. The molecule has 2 unspecified atom stereocenters. The van der Waals surface area contributed by atoms with Gasteiger partial charge in [-0.2, -0.15) is 0 Å². The highest BCUT2D eigenvalue weighted by atomic mass is 16.5. The van der Waals surface area contributed by atoms with Gasteiger partial charge in [0.1, 0.15) is 0 Å². The van der Waals surface area contributed by atoms with Crippen LogP contribution in [0.2, 0.25) is 0 Å². The largest absolute Gasteiger partial charge is 0.389 e. The maximum atomic E-state index is 9.69. The highest BCUT2D eigenvalue weighted by Gasteiger charge is 2.09. The molecule has 0 aliphatic carbocycles. The summed E-state index contributed by atoms with van der Waals surface area (Å²) >= 11 is 0. The van der Waals surface area contributed by atoms with E-state index in [1.165, 1.54) is 0 Å². The summed E-state index contributed by atoms with van der Waals surface area (Å²) in [7, 11) is 0. The molecule has 0 aromatic carbocycles. The number of hydrogen-bond donors (Lipinski definition) is 2. The molecule has 2 atom stereocenters. The lowest BCUT2D eigenvalue weighted by Gasteiger charge is -2.18. The van der Waals surface area contributed by atoms with Crippen LogP contribution >= 0.6 is 0 Å². The van der Waals surface area contributed by atoms with E-state index in [2.05, 4.69) is 10.3 Å². The zero-order valence-electron chi connectivity index (χ0n) is 10.8. The first-order valence-corrected chi connectivity index (χ1v) is 6.02. The molecule has 0 radical (unpaired) electrons. The number of nitrogens with one attached hydrogen (secondary N) is 1. The molecule has 1 aromatic heterocycles. The molecule has 0 saturated carbocycles. The Hall–Kier alpha value is -0.970. The lowest BCUT2D eigenvalue weighted by molar-refractivity contribution is 0.00560. The number of pyridine rings is 1. The van der Waals surface area contributed by atoms with Crippen molar-refractivity contribution in [2.45, 2.75) is 39.0 Å². The molecular weight excluding hydrogens is 216 g/mol. The van der Waals surface area contributed by atoms with Gasteiger partial charge in [-0.05, 0) is 32.4 Å². The Bertz CT molecular complexity index is 304. The predicted octanol–water partition coefficient (Wildman–Crippen LogP) is 1.52. The average molecular weight is 238 g/mol. The number of aliphatic hydroxyl groups excluding tert-OH is 1. The monoisotopic (exact) mass is 238 g/mol. The van der Waals surface area contributed by atoms with Gasteiger partial charge in [-0.25, -0.2) is 0 Å². The molecule has 0 amide bonds. The van der Waals surface area contributed by atoms with E-state index in [1.807, 2.05) is 39.1 Å². The van der Waals surface area contributed by atoms with Crippen LogP contribution < -0.4 is 5.32 Å². The van der Waals surface area contributed by atoms with E-state index in [4.69, 9.17) is 4.74 Å². The van der Waals surface area contributed by atoms with E-state index in [1.54, 1.807) is 6.20 Å². The first kappa shape index (κ1) is 14.1. The van der Waals surface area contributed by atoms with Crippen LogP contribution in [-0.4, -0.2) is 35.5 Å². The van der Waals surface area contributed by atoms with Gasteiger partial charge in [-0.3, -0.25) is 4.98 Å². The average Bonchev–Trinajstić information content (AvgIpc) is 2.34. The quantitative estimate of drug-likeness (QED) is 0.756. The van der Waals surface area contributed by atoms with Crippen molar-refractivity contribution < 1.29 is 9.84 Å². The topological polar surface area (TPSA) is 54.4 Å². The van der Waals surface area contributed by atoms with E-state index >= 15 is 0 Å². The SMILES string of the molecule is CC(C)OCC(O)CNC(C)c1cccnc1. The third-order valence-corrected chi connectivity index (χ3v) is 2.47. The van der Waals surface area contributed by atoms with Gasteiger partial charge in [0.25, 0.3) is 0 Å². The van der Waals surface area contributed by atoms with E-state index < -0.39 is 6.10 Å². The summed E-state index contributed by atoms with van der Waals surface area (Å²) in [6.45, 7) is 6.84. The zero-order valence-corrected chi connectivity index (χ0v) is 10.8. The summed E-state index contributed by atoms with van der Waals surface area (Å²) in [6, 6.07) is 4.10. The summed E-state index contributed by atoms with van der Waals surface area (Å²) < 4.78 is 5.34. The fourth-order valence-electron chi connectivity index (χ4n) is 1.43. The summed E-state index contributed by atoms with van der Waals surface area (Å²) in [5.74, 6) is 0. The van der Waals surface area contributed by atoms with Crippen LogP contribution in [0, 0.1) is 0 Å². The molecular formula is C13H22N2O2. The highest BCUT2D eigenvalue weighted by molar-refractivity contribution is 5.12. The number of ether oxygens (including phenoxy) is 1. The molecule has 1 aromatic rings. The molecule has 4 heteroatoms. The van der Waals surface area contributed by atoms with Crippen LogP contribution in [0.15, 0.2) is 24.5 Å². The van der Waals surface area contributed by atoms with Crippen molar-refractivity contribution in [3.8, 4) is 0 Å². The maximum Gasteiger partial charge on any atom is 0.0898 e. The van der Waals surface area contributed by atoms with Crippen molar-refractivity contribution in [3.05, 3.63) is 30.1 Å². The molecule has 0 spiro atoms. The second kappa shape index (κ2) is 7.37. The molecule has 2 N–H and O–H groups in total. The first-order chi connectivity index (χ1) is 8.09. The fourth-order valence-corrected chi connectivity index (χ4v) is 1.43. The molecule has 1 heterocycles. The molecule has 0 aliphatic heterocycles. The Morgan fingerprint density at radius 3 is 2.76 bits per heavy atom. The molecule has 0 fully saturated rings. The van der Waals surface area contributed by atoms with Gasteiger partial charge < -0.3 is 15.2 Å². The van der Waals surface area contributed by atoms with Gasteiger partial charge in [-0.15, -0.1) is 0 Å². The second-order valence-electron chi connectivity index (χ2n) is 4.45. The molecule has 1 rings (SSSR count). The van der Waals surface area contributed by atoms with Crippen LogP contribution in [0.4, 0.5) is 0 Å². The zero-order chi connectivity index (χ0) is 12.7. The summed E-state index contributed by atoms with van der Waals surface area (Å²) in [4.78, 5) is 4.07. The summed E-state index contributed by atoms with van der Waals surface area (Å²) in [5, 5.41) is 12.9. The minimum atomic E-state index is -0.475. The van der Waals surface area contributed by atoms with E-state index in [-0.39, 0.29) is 12.1 Å². The van der Waals surface area contributed by atoms with Crippen LogP contribution in [0.1, 0.15) is 32.4 Å². The minimum Gasteiger partial charge on any atom is -0.389 e. The molecule has 17 heavy (non-hydrogen) atoms. The number of nitrogens with zero attached hydrogens (tertiary/aromatic N) is 1. The first-order valence-electron chi connectivity index (χ1n) is 6.02. The second-order valence-corrected chi connectivity index (χ2v) is 4.45. The molecule has 0 saturated heterocycles. The van der Waals surface area contributed by atoms with Crippen molar-refractivity contribution in [1.82, 2.24) is 10.3 Å². The third-order valence-electron chi connectivity index (χ3n) is 2.47. The van der Waals surface area contributed by atoms with E-state index in [0.717, 1.165) is 5.56 Å². The van der Waals surface area contributed by atoms with Gasteiger partial charge in [-0.1, -0.05) is 6.07 Å². The molecule has 0 aliphatic rings. The van der Waals surface area contributed by atoms with Crippen molar-refractivity contribution in [1.29, 1.82) is 0 Å². The van der Waals surface area contributed by atoms with E-state index in [0.29, 0.717) is 13.2 Å². The highest BCUT2D eigenvalue weighted by Crippen LogP contribution is 2.09. The van der Waals surface area contributed by atoms with Crippen molar-refractivity contribution in [2.75, 3.05) is 13.2 Å². The predicted molar refractivity (Wildman–Crippen MR) is 67.7 cm³/mol. The summed E-state index contributed by atoms with van der Waals surface area (Å²) in [5.41, 5.74) is 1.12. The van der Waals surface area contributed by atoms with Crippen LogP contribution in [0.3, 0.4) is 0 Å². The molecule has 96 valence electrons. The Morgan fingerprint density at radius 1 is 1.41 bits per heavy atom. The summed E-state index contributed by atoms with van der Waals surface area (Å²) in [6.07, 6.45) is 3.26. The normalized spacial score (nSPS) is 14.9. The van der Waals surface area contributed by atoms with Crippen LogP contribution in [-0.2, 0) is 4.74 Å². The van der Waals surface area contributed by atoms with E-state index in [9.17, 15) is 5.11 Å². The van der Waals surface area contributed by atoms with Crippen molar-refractivity contribution in [2.24, 2.45) is 0 Å². The van der Waals surface area contributed by atoms with Crippen LogP contribution in [0.5, 0.6) is 0 Å². The smallest absolute Gasteiger partial charge is 0.0898 e. The van der Waals surface area contributed by atoms with Gasteiger partial charge >= 0.3 is 0 Å². The van der Waals surface area contributed by atoms with Gasteiger partial charge in [0, 0.05) is 25.0 Å². The number of aromatic nitrogens is 1. The Kier molecular flexibility index (Phi) is 6.11. The van der Waals surface area contributed by atoms with Crippen LogP contribution in [0.25, 0.3) is 0 Å². The Balaban J connectivity index is 2.26. The van der Waals surface area contributed by atoms with Gasteiger partial charge in [0.2, 0.25) is 0 Å². The van der Waals surface area contributed by atoms with Gasteiger partial charge in [0.15, 0.2) is 0 Å². The third kappa shape index (κ3) is 5.77. The lowest BCUT2D eigenvalue weighted by Crippen LogP contribution is -2.32. The number of hydrogen-bond acceptors (Lipinski definition) is 4. The minimum absolute atomic E-state index is 0.153.